The summed E-state index contributed by atoms with van der Waals surface area (Å²) in [5.74, 6) is 0.00525. The minimum atomic E-state index is -0.0993. The Morgan fingerprint density at radius 1 is 1.14 bits per heavy atom. The van der Waals surface area contributed by atoms with Gasteiger partial charge >= 0.3 is 0 Å². The van der Waals surface area contributed by atoms with Gasteiger partial charge in [-0.1, -0.05) is 48.0 Å². The summed E-state index contributed by atoms with van der Waals surface area (Å²) < 4.78 is 0. The van der Waals surface area contributed by atoms with Gasteiger partial charge in [-0.25, -0.2) is 0 Å². The van der Waals surface area contributed by atoms with E-state index in [-0.39, 0.29) is 11.9 Å². The molecule has 2 aromatic carbocycles. The largest absolute Gasteiger partial charge is 0.349 e. The van der Waals surface area contributed by atoms with Crippen LogP contribution in [-0.4, -0.2) is 5.91 Å². The molecule has 1 N–H and O–H groups in total. The number of benzene rings is 2. The van der Waals surface area contributed by atoms with Gasteiger partial charge in [0.2, 0.25) is 5.91 Å². The summed E-state index contributed by atoms with van der Waals surface area (Å²) in [5, 5.41) is 3.67. The first-order valence-electron chi connectivity index (χ1n) is 7.07. The molecule has 110 valence electrons. The molecule has 2 aromatic rings. The average molecular weight is 302 g/mol. The number of hydrogen-bond acceptors (Lipinski definition) is 1. The highest BCUT2D eigenvalue weighted by Crippen LogP contribution is 2.22. The molecule has 0 radical (unpaired) electrons. The molecule has 0 unspecified atom stereocenters. The SMILES string of the molecule is Cc1ccc(CC(=O)N[C@@H](C)c2ccccc2Cl)cc1C. The number of halogens is 1. The molecule has 0 saturated carbocycles. The number of carbonyl (C=O) groups excluding carboxylic acids is 1. The second kappa shape index (κ2) is 6.77. The highest BCUT2D eigenvalue weighted by Gasteiger charge is 2.12. The summed E-state index contributed by atoms with van der Waals surface area (Å²) in [7, 11) is 0. The van der Waals surface area contributed by atoms with Crippen LogP contribution >= 0.6 is 11.6 Å². The Bertz CT molecular complexity index is 651. The third-order valence-electron chi connectivity index (χ3n) is 3.69. The minimum Gasteiger partial charge on any atom is -0.349 e. The molecule has 0 aliphatic heterocycles. The topological polar surface area (TPSA) is 29.1 Å². The van der Waals surface area contributed by atoms with Gasteiger partial charge in [0.1, 0.15) is 0 Å². The number of amides is 1. The van der Waals surface area contributed by atoms with Crippen molar-refractivity contribution in [2.45, 2.75) is 33.2 Å². The lowest BCUT2D eigenvalue weighted by Gasteiger charge is -2.16. The molecule has 2 nitrogen and oxygen atoms in total. The van der Waals surface area contributed by atoms with Crippen molar-refractivity contribution < 1.29 is 4.79 Å². The molecule has 0 aliphatic carbocycles. The maximum absolute atomic E-state index is 12.1. The van der Waals surface area contributed by atoms with Crippen molar-refractivity contribution in [3.05, 3.63) is 69.7 Å². The molecular weight excluding hydrogens is 282 g/mol. The van der Waals surface area contributed by atoms with E-state index in [0.717, 1.165) is 11.1 Å². The third-order valence-corrected chi connectivity index (χ3v) is 4.03. The monoisotopic (exact) mass is 301 g/mol. The van der Waals surface area contributed by atoms with Gasteiger partial charge in [0, 0.05) is 5.02 Å². The van der Waals surface area contributed by atoms with E-state index in [1.54, 1.807) is 0 Å². The first kappa shape index (κ1) is 15.6. The number of aryl methyl sites for hydroxylation is 2. The Kier molecular flexibility index (Phi) is 5.03. The van der Waals surface area contributed by atoms with E-state index in [9.17, 15) is 4.79 Å². The van der Waals surface area contributed by atoms with Crippen molar-refractivity contribution in [3.8, 4) is 0 Å². The molecule has 0 aliphatic rings. The van der Waals surface area contributed by atoms with Gasteiger partial charge in [-0.3, -0.25) is 4.79 Å². The van der Waals surface area contributed by atoms with Crippen LogP contribution < -0.4 is 5.32 Å². The van der Waals surface area contributed by atoms with E-state index in [0.29, 0.717) is 11.4 Å². The normalized spacial score (nSPS) is 12.0. The Labute approximate surface area is 131 Å². The summed E-state index contributed by atoms with van der Waals surface area (Å²) in [6.07, 6.45) is 0.385. The summed E-state index contributed by atoms with van der Waals surface area (Å²) in [5.41, 5.74) is 4.41. The highest BCUT2D eigenvalue weighted by molar-refractivity contribution is 6.31. The molecule has 21 heavy (non-hydrogen) atoms. The van der Waals surface area contributed by atoms with Crippen molar-refractivity contribution in [2.75, 3.05) is 0 Å². The van der Waals surface area contributed by atoms with Crippen molar-refractivity contribution in [1.29, 1.82) is 0 Å². The fraction of sp³-hybridized carbons (Fsp3) is 0.278. The predicted octanol–water partition coefficient (Wildman–Crippen LogP) is 4.38. The van der Waals surface area contributed by atoms with Crippen LogP contribution in [0.3, 0.4) is 0 Å². The van der Waals surface area contributed by atoms with E-state index in [4.69, 9.17) is 11.6 Å². The molecule has 0 saturated heterocycles. The van der Waals surface area contributed by atoms with Crippen LogP contribution in [0.15, 0.2) is 42.5 Å². The molecule has 0 aromatic heterocycles. The van der Waals surface area contributed by atoms with E-state index in [1.165, 1.54) is 11.1 Å². The van der Waals surface area contributed by atoms with Crippen LogP contribution in [0.4, 0.5) is 0 Å². The third kappa shape index (κ3) is 4.08. The zero-order chi connectivity index (χ0) is 15.4. The minimum absolute atomic E-state index is 0.00525. The second-order valence-corrected chi connectivity index (χ2v) is 5.81. The second-order valence-electron chi connectivity index (χ2n) is 5.41. The van der Waals surface area contributed by atoms with Crippen LogP contribution in [0.25, 0.3) is 0 Å². The summed E-state index contributed by atoms with van der Waals surface area (Å²) in [4.78, 5) is 12.1. The fourth-order valence-electron chi connectivity index (χ4n) is 2.30. The number of nitrogens with one attached hydrogen (secondary N) is 1. The average Bonchev–Trinajstić information content (AvgIpc) is 2.43. The first-order chi connectivity index (χ1) is 9.97. The Morgan fingerprint density at radius 2 is 1.86 bits per heavy atom. The van der Waals surface area contributed by atoms with Gasteiger partial charge in [0.25, 0.3) is 0 Å². The maximum atomic E-state index is 12.1. The summed E-state index contributed by atoms with van der Waals surface area (Å²) in [6.45, 7) is 6.07. The van der Waals surface area contributed by atoms with Gasteiger partial charge < -0.3 is 5.32 Å². The lowest BCUT2D eigenvalue weighted by molar-refractivity contribution is -0.121. The Hall–Kier alpha value is -1.80. The Morgan fingerprint density at radius 3 is 2.52 bits per heavy atom. The molecule has 0 fully saturated rings. The quantitative estimate of drug-likeness (QED) is 0.892. The van der Waals surface area contributed by atoms with E-state index < -0.39 is 0 Å². The lowest BCUT2D eigenvalue weighted by atomic mass is 10.0. The highest BCUT2D eigenvalue weighted by atomic mass is 35.5. The molecule has 0 heterocycles. The van der Waals surface area contributed by atoms with Crippen LogP contribution in [0.1, 0.15) is 35.2 Å². The molecule has 2 rings (SSSR count). The number of hydrogen-bond donors (Lipinski definition) is 1. The van der Waals surface area contributed by atoms with Crippen LogP contribution in [-0.2, 0) is 11.2 Å². The number of carbonyl (C=O) groups is 1. The van der Waals surface area contributed by atoms with Crippen molar-refractivity contribution in [1.82, 2.24) is 5.32 Å². The molecule has 3 heteroatoms. The molecular formula is C18H20ClNO. The van der Waals surface area contributed by atoms with E-state index in [1.807, 2.05) is 37.3 Å². The van der Waals surface area contributed by atoms with E-state index in [2.05, 4.69) is 31.3 Å². The van der Waals surface area contributed by atoms with E-state index >= 15 is 0 Å². The molecule has 1 amide bonds. The predicted molar refractivity (Wildman–Crippen MR) is 87.6 cm³/mol. The fourth-order valence-corrected chi connectivity index (χ4v) is 2.59. The van der Waals surface area contributed by atoms with Gasteiger partial charge in [0.05, 0.1) is 12.5 Å². The van der Waals surface area contributed by atoms with Crippen LogP contribution in [0.5, 0.6) is 0 Å². The maximum Gasteiger partial charge on any atom is 0.224 e. The van der Waals surface area contributed by atoms with Gasteiger partial charge in [-0.05, 0) is 49.1 Å². The van der Waals surface area contributed by atoms with Gasteiger partial charge in [0.15, 0.2) is 0 Å². The molecule has 0 spiro atoms. The zero-order valence-corrected chi connectivity index (χ0v) is 13.4. The van der Waals surface area contributed by atoms with Crippen LogP contribution in [0.2, 0.25) is 5.02 Å². The smallest absolute Gasteiger partial charge is 0.224 e. The summed E-state index contributed by atoms with van der Waals surface area (Å²) in [6, 6.07) is 13.6. The van der Waals surface area contributed by atoms with Crippen LogP contribution in [0, 0.1) is 13.8 Å². The van der Waals surface area contributed by atoms with Crippen molar-refractivity contribution >= 4 is 17.5 Å². The number of rotatable bonds is 4. The van der Waals surface area contributed by atoms with Gasteiger partial charge in [-0.2, -0.15) is 0 Å². The van der Waals surface area contributed by atoms with Crippen molar-refractivity contribution in [3.63, 3.8) is 0 Å². The molecule has 1 atom stereocenters. The summed E-state index contributed by atoms with van der Waals surface area (Å²) >= 11 is 6.15. The lowest BCUT2D eigenvalue weighted by Crippen LogP contribution is -2.28. The first-order valence-corrected chi connectivity index (χ1v) is 7.45. The van der Waals surface area contributed by atoms with Gasteiger partial charge in [-0.15, -0.1) is 0 Å². The zero-order valence-electron chi connectivity index (χ0n) is 12.6. The Balaban J connectivity index is 2.01. The standard InChI is InChI=1S/C18H20ClNO/c1-12-8-9-15(10-13(12)2)11-18(21)20-14(3)16-6-4-5-7-17(16)19/h4-10,14H,11H2,1-3H3,(H,20,21)/t14-/m0/s1. The van der Waals surface area contributed by atoms with Crippen molar-refractivity contribution in [2.24, 2.45) is 0 Å². The molecule has 0 bridgehead atoms.